The highest BCUT2D eigenvalue weighted by Gasteiger charge is 2.20. The normalized spacial score (nSPS) is 14.8. The fraction of sp³-hybridized carbons (Fsp3) is 0.300. The predicted octanol–water partition coefficient (Wildman–Crippen LogP) is 2.82. The average Bonchev–Trinajstić information content (AvgIpc) is 3.04. The number of nitriles is 1. The summed E-state index contributed by atoms with van der Waals surface area (Å²) in [5, 5.41) is 9.79. The molecule has 1 N–H and O–H groups in total. The molecule has 1 aliphatic heterocycles. The molecule has 7 nitrogen and oxygen atoms in total. The van der Waals surface area contributed by atoms with Crippen LogP contribution in [0.2, 0.25) is 0 Å². The van der Waals surface area contributed by atoms with Crippen molar-refractivity contribution in [3.05, 3.63) is 42.7 Å². The number of hydrogen-bond donors (Lipinski definition) is 1. The van der Waals surface area contributed by atoms with Crippen LogP contribution in [0.4, 0.5) is 5.82 Å². The van der Waals surface area contributed by atoms with E-state index in [9.17, 15) is 4.79 Å². The maximum atomic E-state index is 12.0. The molecule has 0 atom stereocenters. The summed E-state index contributed by atoms with van der Waals surface area (Å²) in [4.78, 5) is 28.3. The quantitative estimate of drug-likeness (QED) is 0.774. The zero-order valence-corrected chi connectivity index (χ0v) is 14.9. The lowest BCUT2D eigenvalue weighted by atomic mass is 10.1. The first-order chi connectivity index (χ1) is 13.3. The number of amides is 1. The molecular weight excluding hydrogens is 340 g/mol. The Morgan fingerprint density at radius 2 is 2.15 bits per heavy atom. The molecular formula is C20H22N6O. The highest BCUT2D eigenvalue weighted by molar-refractivity contribution is 5.91. The fourth-order valence-corrected chi connectivity index (χ4v) is 3.51. The van der Waals surface area contributed by atoms with Crippen LogP contribution in [0.15, 0.2) is 42.7 Å². The van der Waals surface area contributed by atoms with Crippen molar-refractivity contribution in [1.29, 1.82) is 5.26 Å². The van der Waals surface area contributed by atoms with Gasteiger partial charge < -0.3 is 14.8 Å². The van der Waals surface area contributed by atoms with Crippen molar-refractivity contribution in [3.8, 4) is 17.3 Å². The molecule has 0 bridgehead atoms. The van der Waals surface area contributed by atoms with Crippen molar-refractivity contribution in [2.75, 3.05) is 31.1 Å². The van der Waals surface area contributed by atoms with E-state index in [1.165, 1.54) is 0 Å². The topological polar surface area (TPSA) is 88.9 Å². The van der Waals surface area contributed by atoms with Gasteiger partial charge in [-0.2, -0.15) is 5.26 Å². The smallest absolute Gasteiger partial charge is 0.236 e. The molecule has 0 unspecified atom stereocenters. The van der Waals surface area contributed by atoms with Gasteiger partial charge in [-0.1, -0.05) is 6.07 Å². The number of pyridine rings is 2. The first-order valence-corrected chi connectivity index (χ1v) is 9.05. The maximum absolute atomic E-state index is 12.0. The number of hydrogen-bond acceptors (Lipinski definition) is 5. The van der Waals surface area contributed by atoms with Gasteiger partial charge in [-0.15, -0.1) is 0 Å². The number of anilines is 1. The van der Waals surface area contributed by atoms with Crippen LogP contribution in [0.1, 0.15) is 14.3 Å². The monoisotopic (exact) mass is 362 g/mol. The minimum Gasteiger partial charge on any atom is -0.355 e. The number of rotatable bonds is 3. The number of aromatic amines is 1. The fourth-order valence-electron chi connectivity index (χ4n) is 3.51. The van der Waals surface area contributed by atoms with E-state index < -0.39 is 0 Å². The molecule has 27 heavy (non-hydrogen) atoms. The second kappa shape index (κ2) is 7.46. The van der Waals surface area contributed by atoms with Crippen LogP contribution in [-0.4, -0.2) is 51.9 Å². The second-order valence-electron chi connectivity index (χ2n) is 6.54. The van der Waals surface area contributed by atoms with Gasteiger partial charge in [0.1, 0.15) is 17.9 Å². The summed E-state index contributed by atoms with van der Waals surface area (Å²) in [5.41, 5.74) is 2.80. The Labute approximate surface area is 158 Å². The van der Waals surface area contributed by atoms with E-state index in [0.29, 0.717) is 19.6 Å². The predicted molar refractivity (Wildman–Crippen MR) is 105 cm³/mol. The summed E-state index contributed by atoms with van der Waals surface area (Å²) >= 11 is 0. The van der Waals surface area contributed by atoms with Gasteiger partial charge in [-0.05, 0) is 30.7 Å². The van der Waals surface area contributed by atoms with E-state index in [0.717, 1.165) is 41.1 Å². The summed E-state index contributed by atoms with van der Waals surface area (Å²) < 4.78 is 0. The number of aromatic nitrogens is 3. The third kappa shape index (κ3) is 3.47. The van der Waals surface area contributed by atoms with Crippen molar-refractivity contribution in [2.45, 2.75) is 12.8 Å². The van der Waals surface area contributed by atoms with Gasteiger partial charge in [0.15, 0.2) is 0 Å². The first kappa shape index (κ1) is 17.0. The standard InChI is InChI=1S/C20H20N6O.H2/c21-8-5-19(27)26-12-2-11-25(13-14-26)18-4-1-3-17(24-18)15-6-9-22-20-16(15)7-10-23-20;/h1,3-4,6-7,9-10H,2,5,11-14H2,(H,22,23);1H. The van der Waals surface area contributed by atoms with Crippen LogP contribution in [0.3, 0.4) is 0 Å². The molecule has 3 aromatic rings. The Kier molecular flexibility index (Phi) is 4.71. The van der Waals surface area contributed by atoms with Gasteiger partial charge >= 0.3 is 0 Å². The second-order valence-corrected chi connectivity index (χ2v) is 6.54. The molecule has 1 amide bonds. The summed E-state index contributed by atoms with van der Waals surface area (Å²) in [7, 11) is 0. The maximum Gasteiger partial charge on any atom is 0.236 e. The molecule has 4 rings (SSSR count). The molecule has 0 saturated carbocycles. The Morgan fingerprint density at radius 1 is 1.22 bits per heavy atom. The van der Waals surface area contributed by atoms with Gasteiger partial charge in [0, 0.05) is 50.9 Å². The molecule has 0 aliphatic carbocycles. The average molecular weight is 362 g/mol. The van der Waals surface area contributed by atoms with Crippen LogP contribution in [0, 0.1) is 11.3 Å². The third-order valence-electron chi connectivity index (χ3n) is 4.87. The largest absolute Gasteiger partial charge is 0.355 e. The van der Waals surface area contributed by atoms with Gasteiger partial charge in [-0.25, -0.2) is 9.97 Å². The minimum atomic E-state index is -0.0901. The molecule has 1 fully saturated rings. The Hall–Kier alpha value is -3.40. The van der Waals surface area contributed by atoms with Crippen molar-refractivity contribution in [2.24, 2.45) is 0 Å². The zero-order valence-electron chi connectivity index (χ0n) is 14.9. The Balaban J connectivity index is 0.00000225. The molecule has 7 heteroatoms. The van der Waals surface area contributed by atoms with Gasteiger partial charge in [0.2, 0.25) is 5.91 Å². The van der Waals surface area contributed by atoms with Crippen LogP contribution in [0.5, 0.6) is 0 Å². The van der Waals surface area contributed by atoms with Gasteiger partial charge in [0.25, 0.3) is 0 Å². The van der Waals surface area contributed by atoms with Crippen molar-refractivity contribution in [1.82, 2.24) is 19.9 Å². The van der Waals surface area contributed by atoms with Crippen molar-refractivity contribution >= 4 is 22.8 Å². The number of carbonyl (C=O) groups is 1. The summed E-state index contributed by atoms with van der Waals surface area (Å²) in [6.07, 6.45) is 4.47. The van der Waals surface area contributed by atoms with E-state index >= 15 is 0 Å². The van der Waals surface area contributed by atoms with E-state index in [4.69, 9.17) is 10.2 Å². The molecule has 138 valence electrons. The number of nitrogens with zero attached hydrogens (tertiary/aromatic N) is 5. The van der Waals surface area contributed by atoms with E-state index in [1.54, 1.807) is 11.1 Å². The molecule has 0 radical (unpaired) electrons. The van der Waals surface area contributed by atoms with Crippen LogP contribution >= 0.6 is 0 Å². The number of carbonyl (C=O) groups excluding carboxylic acids is 1. The number of fused-ring (bicyclic) bond motifs is 1. The lowest BCUT2D eigenvalue weighted by Gasteiger charge is -2.23. The number of H-pyrrole nitrogens is 1. The summed E-state index contributed by atoms with van der Waals surface area (Å²) in [6.45, 7) is 2.85. The molecule has 0 spiro atoms. The Morgan fingerprint density at radius 3 is 3.04 bits per heavy atom. The molecule has 4 heterocycles. The number of nitrogens with one attached hydrogen (secondary N) is 1. The van der Waals surface area contributed by atoms with E-state index in [2.05, 4.69) is 14.9 Å². The highest BCUT2D eigenvalue weighted by Crippen LogP contribution is 2.27. The van der Waals surface area contributed by atoms with E-state index in [-0.39, 0.29) is 13.8 Å². The molecule has 1 saturated heterocycles. The summed E-state index contributed by atoms with van der Waals surface area (Å²) in [6, 6.07) is 12.0. The van der Waals surface area contributed by atoms with E-state index in [1.807, 2.05) is 42.6 Å². The minimum absolute atomic E-state index is 0. The van der Waals surface area contributed by atoms with Gasteiger partial charge in [0.05, 0.1) is 11.8 Å². The summed E-state index contributed by atoms with van der Waals surface area (Å²) in [5.74, 6) is 0.815. The molecule has 1 aliphatic rings. The van der Waals surface area contributed by atoms with Crippen molar-refractivity contribution in [3.63, 3.8) is 0 Å². The van der Waals surface area contributed by atoms with Crippen molar-refractivity contribution < 1.29 is 6.22 Å². The zero-order chi connectivity index (χ0) is 18.6. The SMILES string of the molecule is N#CCC(=O)N1CCCN(c2cccc(-c3ccnc4[nH]ccc34)n2)CC1.[HH]. The van der Waals surface area contributed by atoms with Gasteiger partial charge in [-0.3, -0.25) is 4.79 Å². The van der Waals surface area contributed by atoms with Crippen LogP contribution < -0.4 is 4.90 Å². The molecule has 3 aromatic heterocycles. The lowest BCUT2D eigenvalue weighted by molar-refractivity contribution is -0.129. The lowest BCUT2D eigenvalue weighted by Crippen LogP contribution is -2.35. The highest BCUT2D eigenvalue weighted by atomic mass is 16.2. The van der Waals surface area contributed by atoms with Crippen LogP contribution in [-0.2, 0) is 4.79 Å². The Bertz CT molecular complexity index is 1010. The van der Waals surface area contributed by atoms with Crippen LogP contribution in [0.25, 0.3) is 22.3 Å². The first-order valence-electron chi connectivity index (χ1n) is 9.05. The molecule has 0 aromatic carbocycles. The third-order valence-corrected chi connectivity index (χ3v) is 4.87.